The normalized spacial score (nSPS) is 12.1. The van der Waals surface area contributed by atoms with Crippen LogP contribution in [0, 0.1) is 0 Å². The number of benzene rings is 1. The largest absolute Gasteiger partial charge is 0.508 e. The summed E-state index contributed by atoms with van der Waals surface area (Å²) in [7, 11) is 0. The highest BCUT2D eigenvalue weighted by molar-refractivity contribution is 7.07. The first-order chi connectivity index (χ1) is 9.15. The van der Waals surface area contributed by atoms with Gasteiger partial charge in [-0.2, -0.15) is 11.3 Å². The van der Waals surface area contributed by atoms with Gasteiger partial charge in [0.05, 0.1) is 6.04 Å². The fraction of sp³-hybridized carbons (Fsp3) is 0.214. The summed E-state index contributed by atoms with van der Waals surface area (Å²) in [4.78, 5) is 11.8. The Balaban J connectivity index is 1.83. The molecule has 0 bridgehead atoms. The van der Waals surface area contributed by atoms with Crippen LogP contribution in [0.3, 0.4) is 0 Å². The van der Waals surface area contributed by atoms with Crippen LogP contribution >= 0.6 is 11.3 Å². The van der Waals surface area contributed by atoms with E-state index < -0.39 is 6.04 Å². The third-order valence-corrected chi connectivity index (χ3v) is 3.51. The summed E-state index contributed by atoms with van der Waals surface area (Å²) in [5.41, 5.74) is 7.86. The van der Waals surface area contributed by atoms with Gasteiger partial charge in [0.25, 0.3) is 0 Å². The maximum atomic E-state index is 11.8. The molecule has 1 heterocycles. The first-order valence-corrected chi connectivity index (χ1v) is 6.91. The first-order valence-electron chi connectivity index (χ1n) is 5.97. The Labute approximate surface area is 115 Å². The van der Waals surface area contributed by atoms with Crippen LogP contribution < -0.4 is 11.1 Å². The number of hydrogen-bond donors (Lipinski definition) is 3. The molecule has 100 valence electrons. The second kappa shape index (κ2) is 6.36. The maximum Gasteiger partial charge on any atom is 0.237 e. The second-order valence-electron chi connectivity index (χ2n) is 4.33. The number of phenols is 1. The molecule has 2 rings (SSSR count). The zero-order chi connectivity index (χ0) is 13.7. The van der Waals surface area contributed by atoms with E-state index in [1.165, 1.54) is 0 Å². The van der Waals surface area contributed by atoms with Crippen molar-refractivity contribution in [3.05, 3.63) is 52.2 Å². The van der Waals surface area contributed by atoms with Gasteiger partial charge in [0.1, 0.15) is 5.75 Å². The Morgan fingerprint density at radius 2 is 2.00 bits per heavy atom. The van der Waals surface area contributed by atoms with Crippen LogP contribution in [0.25, 0.3) is 0 Å². The van der Waals surface area contributed by atoms with E-state index in [4.69, 9.17) is 5.73 Å². The fourth-order valence-electron chi connectivity index (χ4n) is 1.69. The van der Waals surface area contributed by atoms with Gasteiger partial charge >= 0.3 is 0 Å². The first kappa shape index (κ1) is 13.6. The maximum absolute atomic E-state index is 11.8. The average molecular weight is 276 g/mol. The molecular formula is C14H16N2O2S. The number of hydrogen-bond acceptors (Lipinski definition) is 4. The Hall–Kier alpha value is -1.85. The molecule has 1 amide bonds. The second-order valence-corrected chi connectivity index (χ2v) is 5.11. The van der Waals surface area contributed by atoms with Gasteiger partial charge in [-0.1, -0.05) is 12.1 Å². The predicted octanol–water partition coefficient (Wildman–Crippen LogP) is 1.64. The predicted molar refractivity (Wildman–Crippen MR) is 76.0 cm³/mol. The molecule has 0 aliphatic carbocycles. The number of carbonyl (C=O) groups is 1. The van der Waals surface area contributed by atoms with Crippen molar-refractivity contribution in [2.45, 2.75) is 19.0 Å². The van der Waals surface area contributed by atoms with Crippen LogP contribution in [-0.2, 0) is 17.8 Å². The molecule has 1 aromatic heterocycles. The molecule has 1 aromatic carbocycles. The lowest BCUT2D eigenvalue weighted by Crippen LogP contribution is -2.41. The molecule has 5 heteroatoms. The van der Waals surface area contributed by atoms with Gasteiger partial charge in [0.2, 0.25) is 5.91 Å². The van der Waals surface area contributed by atoms with Gasteiger partial charge < -0.3 is 16.2 Å². The molecule has 1 atom stereocenters. The molecular weight excluding hydrogens is 260 g/mol. The van der Waals surface area contributed by atoms with Gasteiger partial charge in [-0.3, -0.25) is 4.79 Å². The molecule has 4 N–H and O–H groups in total. The molecule has 0 fully saturated rings. The lowest BCUT2D eigenvalue weighted by molar-refractivity contribution is -0.122. The van der Waals surface area contributed by atoms with Crippen LogP contribution in [0.2, 0.25) is 0 Å². The summed E-state index contributed by atoms with van der Waals surface area (Å²) in [6.45, 7) is 0.506. The van der Waals surface area contributed by atoms with Crippen LogP contribution in [0.4, 0.5) is 0 Å². The zero-order valence-electron chi connectivity index (χ0n) is 10.4. The van der Waals surface area contributed by atoms with Gasteiger partial charge in [0, 0.05) is 6.54 Å². The molecule has 0 aliphatic heterocycles. The minimum atomic E-state index is -0.580. The van der Waals surface area contributed by atoms with E-state index in [1.54, 1.807) is 35.6 Å². The van der Waals surface area contributed by atoms with E-state index in [9.17, 15) is 9.90 Å². The van der Waals surface area contributed by atoms with E-state index in [0.29, 0.717) is 13.0 Å². The molecule has 4 nitrogen and oxygen atoms in total. The number of amides is 1. The number of phenolic OH excluding ortho intramolecular Hbond substituents is 1. The molecule has 1 unspecified atom stereocenters. The van der Waals surface area contributed by atoms with Crippen molar-refractivity contribution in [3.8, 4) is 5.75 Å². The summed E-state index contributed by atoms with van der Waals surface area (Å²) in [6, 6.07) is 8.10. The van der Waals surface area contributed by atoms with Gasteiger partial charge in [-0.25, -0.2) is 0 Å². The fourth-order valence-corrected chi connectivity index (χ4v) is 2.36. The minimum absolute atomic E-state index is 0.167. The minimum Gasteiger partial charge on any atom is -0.508 e. The van der Waals surface area contributed by atoms with Gasteiger partial charge in [0.15, 0.2) is 0 Å². The van der Waals surface area contributed by atoms with E-state index >= 15 is 0 Å². The number of thiophene rings is 1. The highest BCUT2D eigenvalue weighted by atomic mass is 32.1. The van der Waals surface area contributed by atoms with Crippen LogP contribution in [0.5, 0.6) is 5.75 Å². The summed E-state index contributed by atoms with van der Waals surface area (Å²) >= 11 is 1.60. The van der Waals surface area contributed by atoms with E-state index in [0.717, 1.165) is 11.1 Å². The summed E-state index contributed by atoms with van der Waals surface area (Å²) in [6.07, 6.45) is 0.454. The van der Waals surface area contributed by atoms with Crippen molar-refractivity contribution in [2.24, 2.45) is 5.73 Å². The highest BCUT2D eigenvalue weighted by Crippen LogP contribution is 2.11. The van der Waals surface area contributed by atoms with Crippen molar-refractivity contribution >= 4 is 17.2 Å². The molecule has 2 aromatic rings. The molecule has 0 aliphatic rings. The number of carbonyl (C=O) groups excluding carboxylic acids is 1. The van der Waals surface area contributed by atoms with Gasteiger partial charge in [-0.05, 0) is 46.5 Å². The van der Waals surface area contributed by atoms with E-state index in [2.05, 4.69) is 5.32 Å². The number of nitrogens with one attached hydrogen (secondary N) is 1. The Kier molecular flexibility index (Phi) is 4.54. The lowest BCUT2D eigenvalue weighted by atomic mass is 10.1. The lowest BCUT2D eigenvalue weighted by Gasteiger charge is -2.12. The van der Waals surface area contributed by atoms with Crippen LogP contribution in [0.1, 0.15) is 11.1 Å². The highest BCUT2D eigenvalue weighted by Gasteiger charge is 2.13. The van der Waals surface area contributed by atoms with Crippen molar-refractivity contribution in [3.63, 3.8) is 0 Å². The van der Waals surface area contributed by atoms with Crippen LogP contribution in [0.15, 0.2) is 41.1 Å². The van der Waals surface area contributed by atoms with Crippen molar-refractivity contribution in [1.82, 2.24) is 5.32 Å². The molecule has 0 saturated carbocycles. The third kappa shape index (κ3) is 4.08. The summed E-state index contributed by atoms with van der Waals surface area (Å²) in [5.74, 6) is 0.0403. The number of nitrogens with two attached hydrogens (primary N) is 1. The third-order valence-electron chi connectivity index (χ3n) is 2.78. The summed E-state index contributed by atoms with van der Waals surface area (Å²) in [5, 5.41) is 16.0. The Morgan fingerprint density at radius 3 is 2.63 bits per heavy atom. The smallest absolute Gasteiger partial charge is 0.237 e. The van der Waals surface area contributed by atoms with Crippen LogP contribution in [-0.4, -0.2) is 17.1 Å². The Bertz CT molecular complexity index is 523. The summed E-state index contributed by atoms with van der Waals surface area (Å²) < 4.78 is 0. The quantitative estimate of drug-likeness (QED) is 0.777. The average Bonchev–Trinajstić information content (AvgIpc) is 2.91. The molecule has 0 spiro atoms. The van der Waals surface area contributed by atoms with E-state index in [-0.39, 0.29) is 11.7 Å². The Morgan fingerprint density at radius 1 is 1.26 bits per heavy atom. The monoisotopic (exact) mass is 276 g/mol. The molecule has 0 radical (unpaired) electrons. The van der Waals surface area contributed by atoms with Gasteiger partial charge in [-0.15, -0.1) is 0 Å². The number of rotatable bonds is 5. The van der Waals surface area contributed by atoms with Crippen molar-refractivity contribution < 1.29 is 9.90 Å². The standard InChI is InChI=1S/C14H16N2O2S/c15-13(7-10-1-3-12(17)4-2-10)14(18)16-8-11-5-6-19-9-11/h1-6,9,13,17H,7-8,15H2,(H,16,18). The van der Waals surface area contributed by atoms with Crippen molar-refractivity contribution in [2.75, 3.05) is 0 Å². The van der Waals surface area contributed by atoms with Crippen molar-refractivity contribution in [1.29, 1.82) is 0 Å². The molecule has 19 heavy (non-hydrogen) atoms. The molecule has 0 saturated heterocycles. The number of aromatic hydroxyl groups is 1. The zero-order valence-corrected chi connectivity index (χ0v) is 11.2. The topological polar surface area (TPSA) is 75.3 Å². The van der Waals surface area contributed by atoms with E-state index in [1.807, 2.05) is 16.8 Å². The SMILES string of the molecule is NC(Cc1ccc(O)cc1)C(=O)NCc1ccsc1.